The third kappa shape index (κ3) is 4.01. The molecule has 4 aromatic rings. The van der Waals surface area contributed by atoms with Crippen molar-refractivity contribution in [1.29, 1.82) is 0 Å². The Balaban J connectivity index is 1.29. The Hall–Kier alpha value is -3.47. The van der Waals surface area contributed by atoms with E-state index in [0.717, 1.165) is 41.2 Å². The molecule has 2 aliphatic carbocycles. The van der Waals surface area contributed by atoms with E-state index in [1.807, 2.05) is 18.2 Å². The fourth-order valence-electron chi connectivity index (χ4n) is 5.48. The first-order valence-electron chi connectivity index (χ1n) is 12.7. The highest BCUT2D eigenvalue weighted by molar-refractivity contribution is 7.16. The molecule has 0 bridgehead atoms. The van der Waals surface area contributed by atoms with Gasteiger partial charge in [0.05, 0.1) is 5.69 Å². The van der Waals surface area contributed by atoms with Gasteiger partial charge in [0.25, 0.3) is 5.91 Å². The third-order valence-electron chi connectivity index (χ3n) is 7.39. The highest BCUT2D eigenvalue weighted by Crippen LogP contribution is 2.42. The first-order chi connectivity index (χ1) is 17.5. The number of anilines is 1. The Labute approximate surface area is 216 Å². The molecule has 0 saturated carbocycles. The van der Waals surface area contributed by atoms with Gasteiger partial charge < -0.3 is 0 Å². The third-order valence-corrected chi connectivity index (χ3v) is 8.60. The largest absolute Gasteiger partial charge is 0.281 e. The van der Waals surface area contributed by atoms with Crippen LogP contribution in [0.15, 0.2) is 72.8 Å². The van der Waals surface area contributed by atoms with Gasteiger partial charge in [-0.25, -0.2) is 0 Å². The number of amides is 1. The number of carbonyl (C=O) groups is 1. The zero-order chi connectivity index (χ0) is 24.8. The highest BCUT2D eigenvalue weighted by Gasteiger charge is 2.23. The summed E-state index contributed by atoms with van der Waals surface area (Å²) in [6.45, 7) is 3.57. The van der Waals surface area contributed by atoms with Gasteiger partial charge in [0.15, 0.2) is 0 Å². The number of hydrogen-bond acceptors (Lipinski definition) is 3. The summed E-state index contributed by atoms with van der Waals surface area (Å²) in [6.07, 6.45) is 6.74. The lowest BCUT2D eigenvalue weighted by atomic mass is 9.78. The SMILES string of the molecule is CC(C)C(=O)N(O)c1cccc(-c2ccc(C3=Cc4ccc5c(c4CC3)CCc3ccccc3-5)s2)c1. The fraction of sp³-hybridized carbons (Fsp3) is 0.219. The normalized spacial score (nSPS) is 14.1. The predicted molar refractivity (Wildman–Crippen MR) is 149 cm³/mol. The molecule has 180 valence electrons. The standard InChI is InChI=1S/C32H29NO2S/c1-20(2)32(34)33(35)25-8-5-7-23(19-25)30-16-17-31(36-30)24-12-13-27-22(18-24)11-15-28-26-9-4-3-6-21(26)10-14-29(27)28/h3-9,11,15-20,35H,10,12-14H2,1-2H3. The molecule has 1 amide bonds. The fourth-order valence-corrected chi connectivity index (χ4v) is 6.53. The average Bonchev–Trinajstić information content (AvgIpc) is 3.42. The molecular formula is C32H29NO2S. The molecule has 4 heteroatoms. The van der Waals surface area contributed by atoms with Crippen molar-refractivity contribution in [3.8, 4) is 21.6 Å². The van der Waals surface area contributed by atoms with Crippen molar-refractivity contribution < 1.29 is 10.0 Å². The van der Waals surface area contributed by atoms with Crippen molar-refractivity contribution in [2.45, 2.75) is 39.5 Å². The maximum absolute atomic E-state index is 12.2. The van der Waals surface area contributed by atoms with Crippen molar-refractivity contribution >= 4 is 34.6 Å². The number of thiophene rings is 1. The molecule has 0 spiro atoms. The molecule has 3 aromatic carbocycles. The second kappa shape index (κ2) is 9.20. The number of benzene rings is 3. The molecule has 1 heterocycles. The Morgan fingerprint density at radius 2 is 1.64 bits per heavy atom. The monoisotopic (exact) mass is 491 g/mol. The lowest BCUT2D eigenvalue weighted by molar-refractivity contribution is -0.126. The van der Waals surface area contributed by atoms with E-state index in [0.29, 0.717) is 5.69 Å². The Morgan fingerprint density at radius 3 is 2.50 bits per heavy atom. The van der Waals surface area contributed by atoms with Crippen molar-refractivity contribution in [3.05, 3.63) is 99.9 Å². The molecule has 0 atom stereocenters. The predicted octanol–water partition coefficient (Wildman–Crippen LogP) is 8.05. The molecule has 2 aliphatic rings. The molecule has 1 N–H and O–H groups in total. The van der Waals surface area contributed by atoms with Crippen LogP contribution in [-0.2, 0) is 24.1 Å². The maximum atomic E-state index is 12.2. The van der Waals surface area contributed by atoms with Crippen LogP contribution in [0.2, 0.25) is 0 Å². The lowest BCUT2D eigenvalue weighted by Gasteiger charge is -2.26. The van der Waals surface area contributed by atoms with E-state index < -0.39 is 0 Å². The number of allylic oxidation sites excluding steroid dienone is 1. The highest BCUT2D eigenvalue weighted by atomic mass is 32.1. The number of nitrogens with zero attached hydrogens (tertiary/aromatic N) is 1. The first kappa shape index (κ1) is 23.0. The number of fused-ring (bicyclic) bond motifs is 5. The molecule has 0 aliphatic heterocycles. The van der Waals surface area contributed by atoms with Gasteiger partial charge in [-0.15, -0.1) is 11.3 Å². The number of carbonyl (C=O) groups excluding carboxylic acids is 1. The molecular weight excluding hydrogens is 462 g/mol. The summed E-state index contributed by atoms with van der Waals surface area (Å²) in [5.41, 5.74) is 11.6. The minimum atomic E-state index is -0.310. The second-order valence-corrected chi connectivity index (χ2v) is 11.1. The lowest BCUT2D eigenvalue weighted by Crippen LogP contribution is -2.30. The summed E-state index contributed by atoms with van der Waals surface area (Å²) in [7, 11) is 0. The van der Waals surface area contributed by atoms with Crippen molar-refractivity contribution in [2.24, 2.45) is 5.92 Å². The Bertz CT molecular complexity index is 1510. The van der Waals surface area contributed by atoms with E-state index in [9.17, 15) is 10.0 Å². The van der Waals surface area contributed by atoms with Crippen LogP contribution < -0.4 is 5.06 Å². The van der Waals surface area contributed by atoms with E-state index in [1.54, 1.807) is 31.3 Å². The van der Waals surface area contributed by atoms with E-state index in [-0.39, 0.29) is 11.8 Å². The molecule has 0 unspecified atom stereocenters. The number of hydrogen-bond donors (Lipinski definition) is 1. The topological polar surface area (TPSA) is 40.5 Å². The Morgan fingerprint density at radius 1 is 0.833 bits per heavy atom. The number of rotatable bonds is 4. The van der Waals surface area contributed by atoms with Gasteiger partial charge in [-0.05, 0) is 94.5 Å². The van der Waals surface area contributed by atoms with Crippen LogP contribution in [0.3, 0.4) is 0 Å². The van der Waals surface area contributed by atoms with Crippen LogP contribution in [-0.4, -0.2) is 11.1 Å². The van der Waals surface area contributed by atoms with Crippen LogP contribution in [0.4, 0.5) is 5.69 Å². The first-order valence-corrected chi connectivity index (χ1v) is 13.5. The van der Waals surface area contributed by atoms with Gasteiger partial charge in [0.2, 0.25) is 0 Å². The summed E-state index contributed by atoms with van der Waals surface area (Å²) < 4.78 is 0. The van der Waals surface area contributed by atoms with E-state index >= 15 is 0 Å². The summed E-state index contributed by atoms with van der Waals surface area (Å²) in [5, 5.41) is 11.1. The van der Waals surface area contributed by atoms with Gasteiger partial charge in [0.1, 0.15) is 0 Å². The molecule has 0 fully saturated rings. The minimum Gasteiger partial charge on any atom is -0.281 e. The van der Waals surface area contributed by atoms with Crippen molar-refractivity contribution in [1.82, 2.24) is 0 Å². The van der Waals surface area contributed by atoms with Gasteiger partial charge in [-0.2, -0.15) is 5.06 Å². The van der Waals surface area contributed by atoms with Gasteiger partial charge >= 0.3 is 0 Å². The molecule has 1 aromatic heterocycles. The van der Waals surface area contributed by atoms with Crippen LogP contribution in [0, 0.1) is 5.92 Å². The van der Waals surface area contributed by atoms with Gasteiger partial charge in [-0.3, -0.25) is 10.0 Å². The summed E-state index contributed by atoms with van der Waals surface area (Å²) in [6, 6.07) is 25.3. The Kier molecular flexibility index (Phi) is 5.87. The number of aryl methyl sites for hydroxylation is 1. The summed E-state index contributed by atoms with van der Waals surface area (Å²) in [4.78, 5) is 14.6. The maximum Gasteiger partial charge on any atom is 0.253 e. The van der Waals surface area contributed by atoms with Crippen LogP contribution >= 0.6 is 11.3 Å². The van der Waals surface area contributed by atoms with Crippen LogP contribution in [0.5, 0.6) is 0 Å². The molecule has 36 heavy (non-hydrogen) atoms. The van der Waals surface area contributed by atoms with Crippen molar-refractivity contribution in [3.63, 3.8) is 0 Å². The minimum absolute atomic E-state index is 0.270. The summed E-state index contributed by atoms with van der Waals surface area (Å²) in [5.74, 6) is -0.579. The van der Waals surface area contributed by atoms with E-state index in [2.05, 4.69) is 54.6 Å². The summed E-state index contributed by atoms with van der Waals surface area (Å²) >= 11 is 1.77. The molecule has 0 radical (unpaired) electrons. The molecule has 6 rings (SSSR count). The van der Waals surface area contributed by atoms with Crippen molar-refractivity contribution in [2.75, 3.05) is 5.06 Å². The van der Waals surface area contributed by atoms with E-state index in [4.69, 9.17) is 0 Å². The molecule has 0 saturated heterocycles. The zero-order valence-electron chi connectivity index (χ0n) is 20.6. The van der Waals surface area contributed by atoms with Crippen LogP contribution in [0.25, 0.3) is 33.2 Å². The van der Waals surface area contributed by atoms with E-state index in [1.165, 1.54) is 43.8 Å². The van der Waals surface area contributed by atoms with Crippen LogP contribution in [0.1, 0.15) is 47.4 Å². The van der Waals surface area contributed by atoms with Gasteiger partial charge in [-0.1, -0.05) is 68.5 Å². The smallest absolute Gasteiger partial charge is 0.253 e. The quantitative estimate of drug-likeness (QED) is 0.232. The number of hydroxylamine groups is 1. The zero-order valence-corrected chi connectivity index (χ0v) is 21.4. The molecule has 3 nitrogen and oxygen atoms in total. The van der Waals surface area contributed by atoms with Gasteiger partial charge in [0, 0.05) is 15.7 Å². The second-order valence-electron chi connectivity index (χ2n) is 10.0. The average molecular weight is 492 g/mol.